The summed E-state index contributed by atoms with van der Waals surface area (Å²) in [6, 6.07) is 9.05. The predicted molar refractivity (Wildman–Crippen MR) is 77.4 cm³/mol. The number of rotatable bonds is 4. The van der Waals surface area contributed by atoms with E-state index in [-0.39, 0.29) is 11.7 Å². The molecular formula is C17H16O3. The Morgan fingerprint density at radius 2 is 1.90 bits per heavy atom. The average molecular weight is 268 g/mol. The second-order valence-corrected chi connectivity index (χ2v) is 4.94. The molecule has 0 aromatic heterocycles. The van der Waals surface area contributed by atoms with Gasteiger partial charge in [-0.05, 0) is 6.92 Å². The summed E-state index contributed by atoms with van der Waals surface area (Å²) in [5, 5.41) is 8.76. The van der Waals surface area contributed by atoms with Gasteiger partial charge in [0.25, 0.3) is 0 Å². The van der Waals surface area contributed by atoms with E-state index in [0.717, 1.165) is 6.08 Å². The Hall–Kier alpha value is -2.42. The molecule has 20 heavy (non-hydrogen) atoms. The summed E-state index contributed by atoms with van der Waals surface area (Å²) in [7, 11) is 0. The normalized spacial score (nSPS) is 24.9. The summed E-state index contributed by atoms with van der Waals surface area (Å²) in [5.41, 5.74) is -0.133. The van der Waals surface area contributed by atoms with E-state index < -0.39 is 11.4 Å². The number of Topliss-reactive ketones (excluding diaryl/α,β-unsaturated/α-hetero) is 1. The van der Waals surface area contributed by atoms with Crippen molar-refractivity contribution in [1.29, 1.82) is 0 Å². The lowest BCUT2D eigenvalue weighted by molar-refractivity contribution is -0.131. The summed E-state index contributed by atoms with van der Waals surface area (Å²) in [4.78, 5) is 23.4. The monoisotopic (exact) mass is 268 g/mol. The Morgan fingerprint density at radius 1 is 1.20 bits per heavy atom. The van der Waals surface area contributed by atoms with Crippen LogP contribution in [0.4, 0.5) is 0 Å². The molecule has 0 saturated heterocycles. The Balaban J connectivity index is 2.35. The minimum absolute atomic E-state index is 0.0151. The van der Waals surface area contributed by atoms with Gasteiger partial charge in [-0.25, -0.2) is 4.79 Å². The Labute approximate surface area is 117 Å². The molecule has 0 saturated carbocycles. The van der Waals surface area contributed by atoms with Gasteiger partial charge in [0.15, 0.2) is 5.78 Å². The van der Waals surface area contributed by atoms with Crippen LogP contribution in [-0.2, 0) is 4.79 Å². The first-order valence-electron chi connectivity index (χ1n) is 6.41. The van der Waals surface area contributed by atoms with Gasteiger partial charge < -0.3 is 5.11 Å². The Kier molecular flexibility index (Phi) is 3.99. The first-order chi connectivity index (χ1) is 9.54. The molecule has 3 heteroatoms. The largest absolute Gasteiger partial charge is 0.478 e. The van der Waals surface area contributed by atoms with Crippen molar-refractivity contribution in [2.45, 2.75) is 6.92 Å². The second-order valence-electron chi connectivity index (χ2n) is 4.94. The molecule has 1 aromatic carbocycles. The van der Waals surface area contributed by atoms with Crippen LogP contribution in [0.2, 0.25) is 0 Å². The molecular weight excluding hydrogens is 252 g/mol. The lowest BCUT2D eigenvalue weighted by Gasteiger charge is -2.32. The summed E-state index contributed by atoms with van der Waals surface area (Å²) in [5.74, 6) is -1.29. The third-order valence-electron chi connectivity index (χ3n) is 3.54. The first kappa shape index (κ1) is 14.0. The molecule has 2 atom stereocenters. The third-order valence-corrected chi connectivity index (χ3v) is 3.54. The van der Waals surface area contributed by atoms with Gasteiger partial charge in [0, 0.05) is 17.6 Å². The van der Waals surface area contributed by atoms with Gasteiger partial charge in [-0.1, -0.05) is 60.7 Å². The van der Waals surface area contributed by atoms with Crippen LogP contribution in [0.1, 0.15) is 17.3 Å². The highest BCUT2D eigenvalue weighted by atomic mass is 16.4. The molecule has 0 radical (unpaired) electrons. The zero-order valence-electron chi connectivity index (χ0n) is 11.2. The molecule has 0 spiro atoms. The molecule has 0 amide bonds. The molecule has 2 rings (SSSR count). The van der Waals surface area contributed by atoms with Crippen LogP contribution >= 0.6 is 0 Å². The van der Waals surface area contributed by atoms with Crippen molar-refractivity contribution in [2.75, 3.05) is 0 Å². The number of hydrogen-bond donors (Lipinski definition) is 1. The van der Waals surface area contributed by atoms with Crippen LogP contribution < -0.4 is 0 Å². The van der Waals surface area contributed by atoms with Crippen molar-refractivity contribution in [2.24, 2.45) is 11.3 Å². The smallest absolute Gasteiger partial charge is 0.327 e. The molecule has 102 valence electrons. The molecule has 1 N–H and O–H groups in total. The van der Waals surface area contributed by atoms with Gasteiger partial charge in [0.1, 0.15) is 0 Å². The van der Waals surface area contributed by atoms with Gasteiger partial charge in [-0.15, -0.1) is 0 Å². The number of benzene rings is 1. The van der Waals surface area contributed by atoms with Crippen LogP contribution in [0.25, 0.3) is 0 Å². The fraction of sp³-hybridized carbons (Fsp3) is 0.176. The minimum atomic E-state index is -1.01. The van der Waals surface area contributed by atoms with Crippen LogP contribution in [0.15, 0.2) is 66.8 Å². The molecule has 0 aliphatic heterocycles. The predicted octanol–water partition coefficient (Wildman–Crippen LogP) is 3.26. The lowest BCUT2D eigenvalue weighted by Crippen LogP contribution is -2.33. The molecule has 0 fully saturated rings. The Morgan fingerprint density at radius 3 is 2.55 bits per heavy atom. The number of carboxylic acid groups (broad SMARTS) is 1. The van der Waals surface area contributed by atoms with E-state index >= 15 is 0 Å². The highest BCUT2D eigenvalue weighted by molar-refractivity contribution is 6.02. The van der Waals surface area contributed by atoms with Crippen molar-refractivity contribution < 1.29 is 14.7 Å². The van der Waals surface area contributed by atoms with Crippen LogP contribution in [0, 0.1) is 11.3 Å². The van der Waals surface area contributed by atoms with Gasteiger partial charge in [-0.3, -0.25) is 4.79 Å². The van der Waals surface area contributed by atoms with Gasteiger partial charge in [0.05, 0.1) is 5.41 Å². The summed E-state index contributed by atoms with van der Waals surface area (Å²) in [6.07, 6.45) is 9.98. The summed E-state index contributed by atoms with van der Waals surface area (Å²) in [6.45, 7) is 1.83. The molecule has 1 aromatic rings. The molecule has 0 heterocycles. The SMILES string of the molecule is CC1(C(=O)c2ccccc2)C=CC=CC1/C=C/C(=O)O. The Bertz CT molecular complexity index is 596. The third kappa shape index (κ3) is 2.77. The first-order valence-corrected chi connectivity index (χ1v) is 6.41. The molecule has 2 unspecified atom stereocenters. The molecule has 1 aliphatic carbocycles. The zero-order valence-corrected chi connectivity index (χ0v) is 11.2. The topological polar surface area (TPSA) is 54.4 Å². The quantitative estimate of drug-likeness (QED) is 0.673. The number of carbonyl (C=O) groups excluding carboxylic acids is 1. The van der Waals surface area contributed by atoms with E-state index in [0.29, 0.717) is 5.56 Å². The zero-order chi connectivity index (χ0) is 14.6. The van der Waals surface area contributed by atoms with Gasteiger partial charge in [0.2, 0.25) is 0 Å². The van der Waals surface area contributed by atoms with E-state index in [2.05, 4.69) is 0 Å². The number of hydrogen-bond acceptors (Lipinski definition) is 2. The molecule has 3 nitrogen and oxygen atoms in total. The molecule has 1 aliphatic rings. The summed E-state index contributed by atoms with van der Waals surface area (Å²) < 4.78 is 0. The number of carbonyl (C=O) groups is 2. The second kappa shape index (κ2) is 5.70. The minimum Gasteiger partial charge on any atom is -0.478 e. The fourth-order valence-electron chi connectivity index (χ4n) is 2.33. The van der Waals surface area contributed by atoms with Crippen LogP contribution in [0.5, 0.6) is 0 Å². The number of carboxylic acids is 1. The highest BCUT2D eigenvalue weighted by Gasteiger charge is 2.37. The maximum atomic E-state index is 12.7. The van der Waals surface area contributed by atoms with Crippen molar-refractivity contribution in [3.8, 4) is 0 Å². The van der Waals surface area contributed by atoms with Crippen molar-refractivity contribution in [3.05, 3.63) is 72.4 Å². The van der Waals surface area contributed by atoms with Crippen molar-refractivity contribution in [3.63, 3.8) is 0 Å². The van der Waals surface area contributed by atoms with Gasteiger partial charge >= 0.3 is 5.97 Å². The molecule has 0 bridgehead atoms. The lowest BCUT2D eigenvalue weighted by atomic mass is 9.69. The number of ketones is 1. The maximum Gasteiger partial charge on any atom is 0.327 e. The summed E-state index contributed by atoms with van der Waals surface area (Å²) >= 11 is 0. The van der Waals surface area contributed by atoms with E-state index in [1.807, 2.05) is 49.4 Å². The number of aliphatic carboxylic acids is 1. The highest BCUT2D eigenvalue weighted by Crippen LogP contribution is 2.37. The van der Waals surface area contributed by atoms with E-state index in [4.69, 9.17) is 5.11 Å². The van der Waals surface area contributed by atoms with Gasteiger partial charge in [-0.2, -0.15) is 0 Å². The van der Waals surface area contributed by atoms with Crippen molar-refractivity contribution >= 4 is 11.8 Å². The fourth-order valence-corrected chi connectivity index (χ4v) is 2.33. The maximum absolute atomic E-state index is 12.7. The van der Waals surface area contributed by atoms with Crippen LogP contribution in [-0.4, -0.2) is 16.9 Å². The van der Waals surface area contributed by atoms with Crippen molar-refractivity contribution in [1.82, 2.24) is 0 Å². The van der Waals surface area contributed by atoms with E-state index in [1.165, 1.54) is 0 Å². The average Bonchev–Trinajstić information content (AvgIpc) is 2.46. The van der Waals surface area contributed by atoms with E-state index in [9.17, 15) is 9.59 Å². The number of allylic oxidation sites excluding steroid dienone is 5. The van der Waals surface area contributed by atoms with E-state index in [1.54, 1.807) is 18.2 Å². The van der Waals surface area contributed by atoms with Crippen LogP contribution in [0.3, 0.4) is 0 Å². The standard InChI is InChI=1S/C17H16O3/c1-17(16(20)13-7-3-2-4-8-13)12-6-5-9-14(17)10-11-15(18)19/h2-12,14H,1H3,(H,18,19)/b11-10+.